The van der Waals surface area contributed by atoms with Gasteiger partial charge in [0.15, 0.2) is 18.6 Å². The van der Waals surface area contributed by atoms with Crippen LogP contribution in [0.5, 0.6) is 0 Å². The molecule has 7 heterocycles. The van der Waals surface area contributed by atoms with Crippen LogP contribution in [0.4, 0.5) is 10.1 Å². The van der Waals surface area contributed by atoms with E-state index in [0.29, 0.717) is 40.8 Å². The standard InChI is InChI=1S/C26H24B2Cl2FN5O10P2/c27-47(38)42-9-18-23(21(37)26(44-18)36-10-33-15-5-12(29)13(30)6-16(15)36)46-48(28,39)41-8-17-22(45-47)20(31)25(43-17)35-7-11-2-4-40-34-14-1-3-32-24(35)19(11)14/h1,3,5-7,10,17-18,20-23,25-26,34,37H,2,4,8-9H2/t17-,18-,20+,21?,22?,23+,25-,26-,47?,48?/m1/s1. The number of alkyl halides is 1. The van der Waals surface area contributed by atoms with Crippen molar-refractivity contribution in [1.29, 1.82) is 0 Å². The molecule has 4 aromatic rings. The number of benzene rings is 1. The van der Waals surface area contributed by atoms with Gasteiger partial charge in [-0.25, -0.2) is 14.4 Å². The molecular formula is C26H24B2Cl2FN5O10P2. The molecule has 250 valence electrons. The van der Waals surface area contributed by atoms with Gasteiger partial charge < -0.3 is 41.8 Å². The van der Waals surface area contributed by atoms with Crippen molar-refractivity contribution in [2.24, 2.45) is 0 Å². The number of rotatable bonds is 2. The van der Waals surface area contributed by atoms with E-state index < -0.39 is 77.3 Å². The summed E-state index contributed by atoms with van der Waals surface area (Å²) in [4.78, 5) is 14.1. The Kier molecular flexibility index (Phi) is 8.51. The molecule has 4 unspecified atom stereocenters. The van der Waals surface area contributed by atoms with Crippen LogP contribution in [-0.4, -0.2) is 95.9 Å². The first-order valence-corrected chi connectivity index (χ1v) is 18.6. The van der Waals surface area contributed by atoms with Crippen LogP contribution in [0.1, 0.15) is 18.0 Å². The lowest BCUT2D eigenvalue weighted by atomic mass is 10.1. The SMILES string of the molecule is [B]P1(=O)OC[C@H]2O[C@@H](n3cnc4cc(Cl)c(Cl)cc43)C(O)[C@H]2OP([B])(=O)OC[C@H]2O[C@@H](n3cc4c5c(ccnc53)NOCC4)[C@@H](F)C2O1. The maximum atomic E-state index is 16.3. The van der Waals surface area contributed by atoms with Crippen molar-refractivity contribution >= 4 is 81.0 Å². The van der Waals surface area contributed by atoms with E-state index in [-0.39, 0.29) is 10.0 Å². The van der Waals surface area contributed by atoms with Crippen molar-refractivity contribution in [2.75, 3.05) is 25.3 Å². The van der Waals surface area contributed by atoms with Crippen LogP contribution in [0.2, 0.25) is 10.0 Å². The molecule has 22 heteroatoms. The summed E-state index contributed by atoms with van der Waals surface area (Å²) in [6.45, 7) is -0.904. The minimum absolute atomic E-state index is 0.221. The Morgan fingerprint density at radius 3 is 2.44 bits per heavy atom. The molecule has 8 rings (SSSR count). The van der Waals surface area contributed by atoms with Crippen LogP contribution in [0, 0.1) is 0 Å². The Hall–Kier alpha value is -2.04. The van der Waals surface area contributed by atoms with Gasteiger partial charge in [0.2, 0.25) is 15.1 Å². The van der Waals surface area contributed by atoms with Crippen LogP contribution in [-0.2, 0) is 48.0 Å². The molecule has 10 atom stereocenters. The van der Waals surface area contributed by atoms with Crippen molar-refractivity contribution in [3.63, 3.8) is 0 Å². The fraction of sp³-hybridized carbons (Fsp3) is 0.462. The molecule has 0 bridgehead atoms. The van der Waals surface area contributed by atoms with Crippen LogP contribution in [0.25, 0.3) is 22.1 Å². The zero-order valence-electron chi connectivity index (χ0n) is 24.5. The minimum Gasteiger partial charge on any atom is -0.386 e. The summed E-state index contributed by atoms with van der Waals surface area (Å²) in [6.07, 6.45) is -6.70. The maximum absolute atomic E-state index is 16.3. The maximum Gasteiger partial charge on any atom is 0.264 e. The molecule has 3 fully saturated rings. The highest BCUT2D eigenvalue weighted by molar-refractivity contribution is 7.79. The van der Waals surface area contributed by atoms with E-state index in [4.69, 9.17) is 70.7 Å². The predicted octanol–water partition coefficient (Wildman–Crippen LogP) is 4.16. The van der Waals surface area contributed by atoms with Crippen molar-refractivity contribution in [1.82, 2.24) is 19.1 Å². The van der Waals surface area contributed by atoms with Gasteiger partial charge in [-0.3, -0.25) is 19.4 Å². The largest absolute Gasteiger partial charge is 0.386 e. The van der Waals surface area contributed by atoms with E-state index in [1.54, 1.807) is 12.3 Å². The Morgan fingerprint density at radius 2 is 1.67 bits per heavy atom. The van der Waals surface area contributed by atoms with Gasteiger partial charge in [-0.1, -0.05) is 23.2 Å². The van der Waals surface area contributed by atoms with Crippen LogP contribution < -0.4 is 5.48 Å². The quantitative estimate of drug-likeness (QED) is 0.223. The summed E-state index contributed by atoms with van der Waals surface area (Å²) in [5.41, 5.74) is 5.58. The molecule has 4 aliphatic heterocycles. The lowest BCUT2D eigenvalue weighted by Crippen LogP contribution is -2.38. The molecule has 0 spiro atoms. The zero-order chi connectivity index (χ0) is 33.5. The molecule has 0 saturated carbocycles. The van der Waals surface area contributed by atoms with Gasteiger partial charge >= 0.3 is 0 Å². The van der Waals surface area contributed by atoms with Crippen LogP contribution in [0.15, 0.2) is 36.9 Å². The number of aromatic nitrogens is 4. The Morgan fingerprint density at radius 1 is 0.979 bits per heavy atom. The second-order valence-electron chi connectivity index (χ2n) is 11.6. The van der Waals surface area contributed by atoms with Crippen molar-refractivity contribution in [3.8, 4) is 0 Å². The topological polar surface area (TPSA) is 167 Å². The van der Waals surface area contributed by atoms with Crippen molar-refractivity contribution < 1.29 is 51.0 Å². The lowest BCUT2D eigenvalue weighted by Gasteiger charge is -2.30. The number of fused-ring (bicyclic) bond motifs is 3. The number of anilines is 1. The summed E-state index contributed by atoms with van der Waals surface area (Å²) >= 11 is 12.3. The molecule has 0 amide bonds. The fourth-order valence-corrected chi connectivity index (χ4v) is 8.73. The Balaban J connectivity index is 1.08. The molecular weight excluding hydrogens is 716 g/mol. The number of imidazole rings is 1. The summed E-state index contributed by atoms with van der Waals surface area (Å²) in [5.74, 6) is 0. The van der Waals surface area contributed by atoms with E-state index in [9.17, 15) is 14.2 Å². The molecule has 48 heavy (non-hydrogen) atoms. The third kappa shape index (κ3) is 5.83. The molecule has 3 saturated heterocycles. The van der Waals surface area contributed by atoms with Gasteiger partial charge in [0.25, 0.3) is 14.9 Å². The summed E-state index contributed by atoms with van der Waals surface area (Å²) < 4.78 is 80.3. The number of nitrogens with zero attached hydrogens (tertiary/aromatic N) is 4. The highest BCUT2D eigenvalue weighted by atomic mass is 35.5. The van der Waals surface area contributed by atoms with E-state index in [1.807, 2.05) is 0 Å². The number of ether oxygens (including phenoxy) is 2. The van der Waals surface area contributed by atoms with E-state index in [1.165, 1.54) is 33.8 Å². The minimum atomic E-state index is -4.54. The number of halogens is 3. The number of aliphatic hydroxyl groups is 1. The first-order valence-electron chi connectivity index (χ1n) is 14.6. The molecule has 4 radical (unpaired) electrons. The second kappa shape index (κ2) is 12.3. The van der Waals surface area contributed by atoms with Gasteiger partial charge in [0, 0.05) is 24.2 Å². The normalized spacial score (nSPS) is 37.3. The number of nitrogens with one attached hydrogen (secondary N) is 1. The summed E-state index contributed by atoms with van der Waals surface area (Å²) in [5, 5.41) is 12.5. The summed E-state index contributed by atoms with van der Waals surface area (Å²) in [7, 11) is 2.87. The zero-order valence-corrected chi connectivity index (χ0v) is 27.8. The number of pyridine rings is 1. The average Bonchev–Trinajstić information content (AvgIpc) is 3.73. The van der Waals surface area contributed by atoms with Gasteiger partial charge in [0.1, 0.15) is 36.2 Å². The monoisotopic (exact) mass is 739 g/mol. The first kappa shape index (κ1) is 33.1. The fourth-order valence-electron chi connectivity index (χ4n) is 6.39. The molecule has 4 aliphatic rings. The third-order valence-electron chi connectivity index (χ3n) is 8.56. The first-order chi connectivity index (χ1) is 22.9. The number of hydrogen-bond donors (Lipinski definition) is 2. The third-order valence-corrected chi connectivity index (χ3v) is 11.4. The second-order valence-corrected chi connectivity index (χ2v) is 15.5. The van der Waals surface area contributed by atoms with E-state index >= 15 is 4.39 Å². The molecule has 15 nitrogen and oxygen atoms in total. The summed E-state index contributed by atoms with van der Waals surface area (Å²) in [6, 6.07) is 4.77. The molecule has 1 aromatic carbocycles. The number of aliphatic hydroxyl groups excluding tert-OH is 1. The van der Waals surface area contributed by atoms with Gasteiger partial charge in [-0.05, 0) is 23.8 Å². The lowest BCUT2D eigenvalue weighted by molar-refractivity contribution is -0.0557. The van der Waals surface area contributed by atoms with E-state index in [0.717, 1.165) is 5.56 Å². The van der Waals surface area contributed by atoms with E-state index in [2.05, 4.69) is 15.4 Å². The van der Waals surface area contributed by atoms with Crippen molar-refractivity contribution in [3.05, 3.63) is 52.5 Å². The molecule has 0 aliphatic carbocycles. The Labute approximate surface area is 283 Å². The predicted molar refractivity (Wildman–Crippen MR) is 170 cm³/mol. The van der Waals surface area contributed by atoms with Crippen molar-refractivity contribution in [2.45, 2.75) is 55.6 Å². The number of hydrogen-bond acceptors (Lipinski definition) is 13. The van der Waals surface area contributed by atoms with Gasteiger partial charge in [-0.2, -0.15) is 0 Å². The Bertz CT molecular complexity index is 2010. The highest BCUT2D eigenvalue weighted by Gasteiger charge is 2.53. The van der Waals surface area contributed by atoms with Gasteiger partial charge in [0.05, 0.1) is 52.9 Å². The van der Waals surface area contributed by atoms with Gasteiger partial charge in [-0.15, -0.1) is 0 Å². The molecule has 3 aromatic heterocycles. The smallest absolute Gasteiger partial charge is 0.264 e. The van der Waals surface area contributed by atoms with Crippen LogP contribution in [0.3, 0.4) is 0 Å². The highest BCUT2D eigenvalue weighted by Crippen LogP contribution is 2.54. The van der Waals surface area contributed by atoms with Crippen LogP contribution >= 0.6 is 38.2 Å². The average molecular weight is 740 g/mol. The molecule has 2 N–H and O–H groups in total.